The van der Waals surface area contributed by atoms with Crippen LogP contribution in [0, 0.1) is 0 Å². The molecule has 17 heavy (non-hydrogen) atoms. The van der Waals surface area contributed by atoms with Crippen LogP contribution in [0.15, 0.2) is 54.9 Å². The smallest absolute Gasteiger partial charge is 0.0690 e. The fourth-order valence-electron chi connectivity index (χ4n) is 2.53. The Morgan fingerprint density at radius 1 is 1.06 bits per heavy atom. The molecule has 2 heteroatoms. The number of hydrogen-bond donors (Lipinski definition) is 0. The van der Waals surface area contributed by atoms with Crippen LogP contribution in [0.5, 0.6) is 0 Å². The van der Waals surface area contributed by atoms with Crippen LogP contribution in [-0.4, -0.2) is 11.6 Å². The predicted octanol–water partition coefficient (Wildman–Crippen LogP) is 3.54. The monoisotopic (exact) mass is 224 g/mol. The first kappa shape index (κ1) is 10.2. The lowest BCUT2D eigenvalue weighted by molar-refractivity contribution is 0.807. The van der Waals surface area contributed by atoms with Crippen LogP contribution in [0.25, 0.3) is 5.69 Å². The summed E-state index contributed by atoms with van der Waals surface area (Å²) in [5.74, 6) is 0.336. The van der Waals surface area contributed by atoms with Gasteiger partial charge in [0.05, 0.1) is 11.4 Å². The van der Waals surface area contributed by atoms with Gasteiger partial charge in [-0.15, -0.1) is 0 Å². The summed E-state index contributed by atoms with van der Waals surface area (Å²) in [4.78, 5) is 2.19. The van der Waals surface area contributed by atoms with Crippen molar-refractivity contribution < 1.29 is 0 Å². The third-order valence-electron chi connectivity index (χ3n) is 3.66. The predicted molar refractivity (Wildman–Crippen MR) is 71.7 cm³/mol. The van der Waals surface area contributed by atoms with Crippen molar-refractivity contribution in [2.24, 2.45) is 0 Å². The van der Waals surface area contributed by atoms with Crippen molar-refractivity contribution in [1.82, 2.24) is 4.57 Å². The Hall–Kier alpha value is -1.96. The fraction of sp³-hybridized carbons (Fsp3) is 0.200. The van der Waals surface area contributed by atoms with Crippen LogP contribution in [0.4, 0.5) is 5.69 Å². The summed E-state index contributed by atoms with van der Waals surface area (Å²) in [5, 5.41) is 0. The molecular formula is C15H16N2. The van der Waals surface area contributed by atoms with E-state index in [9.17, 15) is 0 Å². The van der Waals surface area contributed by atoms with Gasteiger partial charge in [-0.2, -0.15) is 0 Å². The number of fused-ring (bicyclic) bond motifs is 3. The molecule has 1 unspecified atom stereocenters. The first-order valence-corrected chi connectivity index (χ1v) is 5.89. The first-order valence-electron chi connectivity index (χ1n) is 5.89. The number of benzene rings is 1. The summed E-state index contributed by atoms with van der Waals surface area (Å²) in [6.45, 7) is 6.43. The van der Waals surface area contributed by atoms with Crippen molar-refractivity contribution in [3.8, 4) is 5.69 Å². The SMILES string of the molecule is C=C1C(C)c2cccn2-c2ccccc2N1C. The minimum absolute atomic E-state index is 0.336. The number of hydrogen-bond acceptors (Lipinski definition) is 1. The van der Waals surface area contributed by atoms with Crippen molar-refractivity contribution in [1.29, 1.82) is 0 Å². The van der Waals surface area contributed by atoms with Crippen LogP contribution in [0.1, 0.15) is 18.5 Å². The van der Waals surface area contributed by atoms with E-state index in [2.05, 4.69) is 72.6 Å². The lowest BCUT2D eigenvalue weighted by Crippen LogP contribution is -2.18. The van der Waals surface area contributed by atoms with Crippen molar-refractivity contribution >= 4 is 5.69 Å². The fourth-order valence-corrected chi connectivity index (χ4v) is 2.53. The third-order valence-corrected chi connectivity index (χ3v) is 3.66. The molecule has 0 aliphatic carbocycles. The molecule has 0 amide bonds. The van der Waals surface area contributed by atoms with Crippen LogP contribution in [0.2, 0.25) is 0 Å². The van der Waals surface area contributed by atoms with E-state index in [1.54, 1.807) is 0 Å². The number of nitrogens with zero attached hydrogens (tertiary/aromatic N) is 2. The summed E-state index contributed by atoms with van der Waals surface area (Å²) in [5.41, 5.74) is 4.86. The van der Waals surface area contributed by atoms with Gasteiger partial charge in [-0.25, -0.2) is 0 Å². The third kappa shape index (κ3) is 1.34. The van der Waals surface area contributed by atoms with E-state index < -0.39 is 0 Å². The quantitative estimate of drug-likeness (QED) is 0.664. The van der Waals surface area contributed by atoms with E-state index in [4.69, 9.17) is 0 Å². The summed E-state index contributed by atoms with van der Waals surface area (Å²) >= 11 is 0. The maximum atomic E-state index is 4.23. The highest BCUT2D eigenvalue weighted by atomic mass is 15.2. The average Bonchev–Trinajstić information content (AvgIpc) is 2.82. The van der Waals surface area contributed by atoms with Gasteiger partial charge < -0.3 is 9.47 Å². The van der Waals surface area contributed by atoms with Gasteiger partial charge in [0.1, 0.15) is 0 Å². The van der Waals surface area contributed by atoms with Gasteiger partial charge >= 0.3 is 0 Å². The molecule has 0 N–H and O–H groups in total. The molecule has 2 nitrogen and oxygen atoms in total. The molecule has 0 radical (unpaired) electrons. The number of likely N-dealkylation sites (N-methyl/N-ethyl adjacent to an activating group) is 1. The highest BCUT2D eigenvalue weighted by Crippen LogP contribution is 2.37. The molecule has 1 atom stereocenters. The highest BCUT2D eigenvalue weighted by molar-refractivity contribution is 5.68. The van der Waals surface area contributed by atoms with Gasteiger partial charge in [-0.3, -0.25) is 0 Å². The van der Waals surface area contributed by atoms with Gasteiger partial charge in [-0.1, -0.05) is 25.6 Å². The van der Waals surface area contributed by atoms with E-state index in [1.165, 1.54) is 17.1 Å². The molecule has 0 spiro atoms. The van der Waals surface area contributed by atoms with Gasteiger partial charge in [0, 0.05) is 30.6 Å². The Bertz CT molecular complexity index is 580. The molecule has 1 aliphatic rings. The lowest BCUT2D eigenvalue weighted by Gasteiger charge is -2.23. The average molecular weight is 224 g/mol. The molecule has 1 aromatic carbocycles. The number of aromatic nitrogens is 1. The second kappa shape index (κ2) is 3.52. The Labute approximate surface area is 102 Å². The van der Waals surface area contributed by atoms with Crippen molar-refractivity contribution in [3.05, 3.63) is 60.6 Å². The largest absolute Gasteiger partial charge is 0.346 e. The second-order valence-corrected chi connectivity index (χ2v) is 4.56. The summed E-state index contributed by atoms with van der Waals surface area (Å²) in [7, 11) is 2.09. The molecule has 0 saturated heterocycles. The molecule has 3 rings (SSSR count). The van der Waals surface area contributed by atoms with Crippen molar-refractivity contribution in [3.63, 3.8) is 0 Å². The molecule has 2 heterocycles. The van der Waals surface area contributed by atoms with E-state index in [0.717, 1.165) is 5.70 Å². The van der Waals surface area contributed by atoms with Crippen molar-refractivity contribution in [2.45, 2.75) is 12.8 Å². The molecule has 0 saturated carbocycles. The standard InChI is InChI=1S/C15H16N2/c1-11-12(2)16(3)14-7-4-5-8-15(14)17-10-6-9-13(11)17/h4-11H,2H2,1,3H3. The number of rotatable bonds is 0. The summed E-state index contributed by atoms with van der Waals surface area (Å²) < 4.78 is 2.26. The van der Waals surface area contributed by atoms with Crippen LogP contribution >= 0.6 is 0 Å². The molecule has 86 valence electrons. The van der Waals surface area contributed by atoms with Crippen LogP contribution in [-0.2, 0) is 0 Å². The zero-order chi connectivity index (χ0) is 12.0. The zero-order valence-electron chi connectivity index (χ0n) is 10.2. The number of allylic oxidation sites excluding steroid dienone is 1. The van der Waals surface area contributed by atoms with E-state index in [0.29, 0.717) is 5.92 Å². The minimum Gasteiger partial charge on any atom is -0.346 e. The van der Waals surface area contributed by atoms with E-state index >= 15 is 0 Å². The van der Waals surface area contributed by atoms with Gasteiger partial charge in [-0.05, 0) is 24.3 Å². The summed E-state index contributed by atoms with van der Waals surface area (Å²) in [6.07, 6.45) is 2.12. The maximum absolute atomic E-state index is 4.23. The van der Waals surface area contributed by atoms with Crippen molar-refractivity contribution in [2.75, 3.05) is 11.9 Å². The molecule has 2 aromatic rings. The normalized spacial score (nSPS) is 18.6. The van der Waals surface area contributed by atoms with Crippen LogP contribution < -0.4 is 4.90 Å². The Balaban J connectivity index is 2.34. The summed E-state index contributed by atoms with van der Waals surface area (Å²) in [6, 6.07) is 12.7. The Morgan fingerprint density at radius 2 is 1.76 bits per heavy atom. The van der Waals surface area contributed by atoms with E-state index in [-0.39, 0.29) is 0 Å². The lowest BCUT2D eigenvalue weighted by atomic mass is 10.0. The highest BCUT2D eigenvalue weighted by Gasteiger charge is 2.24. The van der Waals surface area contributed by atoms with Gasteiger partial charge in [0.15, 0.2) is 0 Å². The molecule has 1 aromatic heterocycles. The second-order valence-electron chi connectivity index (χ2n) is 4.56. The van der Waals surface area contributed by atoms with Gasteiger partial charge in [0.25, 0.3) is 0 Å². The minimum atomic E-state index is 0.336. The molecule has 0 fully saturated rings. The molecule has 1 aliphatic heterocycles. The van der Waals surface area contributed by atoms with E-state index in [1.807, 2.05) is 0 Å². The first-order chi connectivity index (χ1) is 8.20. The zero-order valence-corrected chi connectivity index (χ0v) is 10.2. The Morgan fingerprint density at radius 3 is 2.53 bits per heavy atom. The molecular weight excluding hydrogens is 208 g/mol. The maximum Gasteiger partial charge on any atom is 0.0690 e. The number of anilines is 1. The Kier molecular flexibility index (Phi) is 2.11. The van der Waals surface area contributed by atoms with Gasteiger partial charge in [0.2, 0.25) is 0 Å². The number of para-hydroxylation sites is 2. The van der Waals surface area contributed by atoms with Crippen LogP contribution in [0.3, 0.4) is 0 Å². The topological polar surface area (TPSA) is 8.17 Å². The molecule has 0 bridgehead atoms.